The first-order valence-electron chi connectivity index (χ1n) is 5.85. The van der Waals surface area contributed by atoms with Crippen molar-refractivity contribution in [3.8, 4) is 0 Å². The highest BCUT2D eigenvalue weighted by Gasteiger charge is 2.13. The van der Waals surface area contributed by atoms with Crippen molar-refractivity contribution in [2.75, 3.05) is 38.6 Å². The molecule has 0 bridgehead atoms. The highest BCUT2D eigenvalue weighted by atomic mass is 32.1. The normalized spacial score (nSPS) is 19.4. The highest BCUT2D eigenvalue weighted by Crippen LogP contribution is 2.10. The van der Waals surface area contributed by atoms with E-state index in [1.807, 2.05) is 0 Å². The molecule has 0 unspecified atom stereocenters. The molecule has 0 aromatic carbocycles. The lowest BCUT2D eigenvalue weighted by atomic mass is 10.3. The summed E-state index contributed by atoms with van der Waals surface area (Å²) in [6.07, 6.45) is 0. The van der Waals surface area contributed by atoms with Gasteiger partial charge >= 0.3 is 0 Å². The third-order valence-electron chi connectivity index (χ3n) is 2.72. The zero-order valence-corrected chi connectivity index (χ0v) is 10.9. The van der Waals surface area contributed by atoms with Crippen LogP contribution in [0.5, 0.6) is 0 Å². The molecule has 0 spiro atoms. The molecule has 1 saturated heterocycles. The topological polar surface area (TPSA) is 76.3 Å². The first-order valence-corrected chi connectivity index (χ1v) is 6.67. The van der Waals surface area contributed by atoms with Crippen molar-refractivity contribution >= 4 is 16.5 Å². The van der Waals surface area contributed by atoms with E-state index in [0.29, 0.717) is 11.2 Å². The smallest absolute Gasteiger partial charge is 0.203 e. The predicted octanol–water partition coefficient (Wildman–Crippen LogP) is -0.0694. The van der Waals surface area contributed by atoms with Gasteiger partial charge in [0, 0.05) is 25.7 Å². The van der Waals surface area contributed by atoms with E-state index in [2.05, 4.69) is 27.3 Å². The fourth-order valence-electron chi connectivity index (χ4n) is 1.84. The van der Waals surface area contributed by atoms with E-state index in [4.69, 9.17) is 10.5 Å². The molecule has 2 rings (SSSR count). The van der Waals surface area contributed by atoms with E-state index >= 15 is 0 Å². The second kappa shape index (κ2) is 6.25. The minimum atomic E-state index is 0.429. The van der Waals surface area contributed by atoms with Gasteiger partial charge in [0.1, 0.15) is 5.01 Å². The van der Waals surface area contributed by atoms with Crippen molar-refractivity contribution in [2.45, 2.75) is 19.5 Å². The van der Waals surface area contributed by atoms with Gasteiger partial charge in [0.05, 0.1) is 19.8 Å². The van der Waals surface area contributed by atoms with E-state index in [-0.39, 0.29) is 0 Å². The molecule has 1 aliphatic rings. The summed E-state index contributed by atoms with van der Waals surface area (Å²) in [6.45, 7) is 7.70. The lowest BCUT2D eigenvalue weighted by Gasteiger charge is -2.29. The molecule has 1 aromatic heterocycles. The fourth-order valence-corrected chi connectivity index (χ4v) is 2.40. The third-order valence-corrected chi connectivity index (χ3v) is 3.47. The van der Waals surface area contributed by atoms with Crippen molar-refractivity contribution < 1.29 is 4.74 Å². The second-order valence-corrected chi connectivity index (χ2v) is 5.32. The molecule has 0 aliphatic carbocycles. The number of nitrogens with two attached hydrogens (primary N) is 1. The number of hydrogen-bond donors (Lipinski definition) is 2. The molecular weight excluding hydrogens is 238 g/mol. The predicted molar refractivity (Wildman–Crippen MR) is 67.9 cm³/mol. The molecule has 7 heteroatoms. The van der Waals surface area contributed by atoms with E-state index in [1.165, 1.54) is 11.3 Å². The van der Waals surface area contributed by atoms with Crippen LogP contribution in [0.15, 0.2) is 0 Å². The summed E-state index contributed by atoms with van der Waals surface area (Å²) in [7, 11) is 0. The Labute approximate surface area is 105 Å². The van der Waals surface area contributed by atoms with Crippen LogP contribution in [-0.2, 0) is 11.3 Å². The highest BCUT2D eigenvalue weighted by molar-refractivity contribution is 7.15. The van der Waals surface area contributed by atoms with Crippen LogP contribution < -0.4 is 11.1 Å². The SMILES string of the molecule is C[C@H](CN1CCOCC1)NCc1nnc(N)s1. The summed E-state index contributed by atoms with van der Waals surface area (Å²) in [5.74, 6) is 0. The van der Waals surface area contributed by atoms with E-state index in [1.54, 1.807) is 0 Å². The first kappa shape index (κ1) is 12.7. The Bertz CT molecular complexity index is 339. The zero-order valence-electron chi connectivity index (χ0n) is 10.1. The summed E-state index contributed by atoms with van der Waals surface area (Å²) >= 11 is 1.44. The van der Waals surface area contributed by atoms with Crippen LogP contribution >= 0.6 is 11.3 Å². The molecule has 1 fully saturated rings. The average Bonchev–Trinajstić information content (AvgIpc) is 2.74. The Hall–Kier alpha value is -0.760. The van der Waals surface area contributed by atoms with Gasteiger partial charge in [0.15, 0.2) is 0 Å². The van der Waals surface area contributed by atoms with Gasteiger partial charge in [0.2, 0.25) is 5.13 Å². The van der Waals surface area contributed by atoms with Gasteiger partial charge in [-0.1, -0.05) is 11.3 Å². The average molecular weight is 257 g/mol. The molecule has 2 heterocycles. The number of aromatic nitrogens is 2. The van der Waals surface area contributed by atoms with Crippen LogP contribution in [0.25, 0.3) is 0 Å². The summed E-state index contributed by atoms with van der Waals surface area (Å²) in [4.78, 5) is 2.41. The van der Waals surface area contributed by atoms with Crippen molar-refractivity contribution in [3.63, 3.8) is 0 Å². The number of nitrogens with zero attached hydrogens (tertiary/aromatic N) is 3. The molecule has 0 amide bonds. The monoisotopic (exact) mass is 257 g/mol. The van der Waals surface area contributed by atoms with Gasteiger partial charge in [0.25, 0.3) is 0 Å². The van der Waals surface area contributed by atoms with Crippen LogP contribution in [0.3, 0.4) is 0 Å². The fraction of sp³-hybridized carbons (Fsp3) is 0.800. The maximum Gasteiger partial charge on any atom is 0.203 e. The van der Waals surface area contributed by atoms with Gasteiger partial charge in [-0.25, -0.2) is 0 Å². The Morgan fingerprint density at radius 2 is 2.24 bits per heavy atom. The van der Waals surface area contributed by atoms with Crippen molar-refractivity contribution in [2.24, 2.45) is 0 Å². The van der Waals surface area contributed by atoms with Crippen molar-refractivity contribution in [3.05, 3.63) is 5.01 Å². The van der Waals surface area contributed by atoms with Gasteiger partial charge in [-0.2, -0.15) is 0 Å². The molecule has 1 aromatic rings. The van der Waals surface area contributed by atoms with Gasteiger partial charge in [-0.05, 0) is 6.92 Å². The maximum atomic E-state index is 5.53. The molecule has 3 N–H and O–H groups in total. The number of hydrogen-bond acceptors (Lipinski definition) is 7. The number of rotatable bonds is 5. The summed E-state index contributed by atoms with van der Waals surface area (Å²) in [5, 5.41) is 12.7. The molecule has 1 atom stereocenters. The largest absolute Gasteiger partial charge is 0.379 e. The molecule has 17 heavy (non-hydrogen) atoms. The number of morpholine rings is 1. The number of nitrogen functional groups attached to an aromatic ring is 1. The summed E-state index contributed by atoms with van der Waals surface area (Å²) in [5.41, 5.74) is 5.53. The lowest BCUT2D eigenvalue weighted by Crippen LogP contribution is -2.44. The number of nitrogens with one attached hydrogen (secondary N) is 1. The molecule has 1 aliphatic heterocycles. The van der Waals surface area contributed by atoms with Gasteiger partial charge in [-0.15, -0.1) is 10.2 Å². The Morgan fingerprint density at radius 3 is 2.88 bits per heavy atom. The maximum absolute atomic E-state index is 5.53. The standard InChI is InChI=1S/C10H19N5OS/c1-8(7-15-2-4-16-5-3-15)12-6-9-13-14-10(11)17-9/h8,12H,2-7H2,1H3,(H2,11,14)/t8-/m1/s1. The Balaban J connectivity index is 1.68. The third kappa shape index (κ3) is 4.19. The van der Waals surface area contributed by atoms with Crippen LogP contribution in [-0.4, -0.2) is 54.0 Å². The quantitative estimate of drug-likeness (QED) is 0.769. The van der Waals surface area contributed by atoms with Crippen LogP contribution in [0, 0.1) is 0 Å². The number of anilines is 1. The minimum Gasteiger partial charge on any atom is -0.379 e. The first-order chi connectivity index (χ1) is 8.24. The van der Waals surface area contributed by atoms with E-state index in [9.17, 15) is 0 Å². The Kier molecular flexibility index (Phi) is 4.66. The molecule has 6 nitrogen and oxygen atoms in total. The molecule has 96 valence electrons. The van der Waals surface area contributed by atoms with Crippen LogP contribution in [0.1, 0.15) is 11.9 Å². The summed E-state index contributed by atoms with van der Waals surface area (Å²) < 4.78 is 5.32. The van der Waals surface area contributed by atoms with Gasteiger partial charge in [-0.3, -0.25) is 4.90 Å². The van der Waals surface area contributed by atoms with Crippen molar-refractivity contribution in [1.82, 2.24) is 20.4 Å². The van der Waals surface area contributed by atoms with Crippen LogP contribution in [0.2, 0.25) is 0 Å². The molecule has 0 saturated carbocycles. The molecule has 0 radical (unpaired) electrons. The van der Waals surface area contributed by atoms with E-state index in [0.717, 1.165) is 44.4 Å². The lowest BCUT2D eigenvalue weighted by molar-refractivity contribution is 0.0343. The van der Waals surface area contributed by atoms with Gasteiger partial charge < -0.3 is 15.8 Å². The summed E-state index contributed by atoms with van der Waals surface area (Å²) in [6, 6.07) is 0.429. The van der Waals surface area contributed by atoms with E-state index < -0.39 is 0 Å². The molecular formula is C10H19N5OS. The zero-order chi connectivity index (χ0) is 12.1. The van der Waals surface area contributed by atoms with Crippen molar-refractivity contribution in [1.29, 1.82) is 0 Å². The Morgan fingerprint density at radius 1 is 1.47 bits per heavy atom. The minimum absolute atomic E-state index is 0.429. The number of ether oxygens (including phenoxy) is 1. The second-order valence-electron chi connectivity index (χ2n) is 4.23. The van der Waals surface area contributed by atoms with Crippen LogP contribution in [0.4, 0.5) is 5.13 Å².